The first kappa shape index (κ1) is 18.1. The molecule has 0 spiro atoms. The van der Waals surface area contributed by atoms with Crippen LogP contribution < -0.4 is 5.32 Å². The third-order valence-electron chi connectivity index (χ3n) is 3.86. The minimum atomic E-state index is -0.0399. The molecular formula is C15H23Cl2N3O. The largest absolute Gasteiger partial charge is 0.323 e. The highest BCUT2D eigenvalue weighted by molar-refractivity contribution is 6.30. The van der Waals surface area contributed by atoms with Gasteiger partial charge in [0.1, 0.15) is 0 Å². The summed E-state index contributed by atoms with van der Waals surface area (Å²) in [7, 11) is 0. The van der Waals surface area contributed by atoms with E-state index < -0.39 is 0 Å². The van der Waals surface area contributed by atoms with Crippen LogP contribution in [-0.2, 0) is 0 Å². The molecule has 1 atom stereocenters. The number of benzene rings is 1. The van der Waals surface area contributed by atoms with E-state index in [1.54, 1.807) is 12.1 Å². The number of nitrogens with one attached hydrogen (secondary N) is 1. The zero-order valence-corrected chi connectivity index (χ0v) is 14.1. The van der Waals surface area contributed by atoms with Crippen molar-refractivity contribution in [1.82, 2.24) is 9.80 Å². The van der Waals surface area contributed by atoms with Crippen LogP contribution in [-0.4, -0.2) is 48.1 Å². The number of carbonyl (C=O) groups is 1. The van der Waals surface area contributed by atoms with Gasteiger partial charge in [-0.2, -0.15) is 0 Å². The molecule has 0 saturated carbocycles. The summed E-state index contributed by atoms with van der Waals surface area (Å²) in [6.07, 6.45) is 1.05. The molecule has 4 nitrogen and oxygen atoms in total. The Morgan fingerprint density at radius 2 is 2.14 bits per heavy atom. The molecule has 1 unspecified atom stereocenters. The lowest BCUT2D eigenvalue weighted by atomic mass is 10.2. The maximum atomic E-state index is 12.2. The highest BCUT2D eigenvalue weighted by Gasteiger charge is 2.29. The summed E-state index contributed by atoms with van der Waals surface area (Å²) < 4.78 is 0. The maximum absolute atomic E-state index is 12.2. The second kappa shape index (κ2) is 8.47. The number of rotatable bonds is 4. The number of urea groups is 1. The normalized spacial score (nSPS) is 17.7. The van der Waals surface area contributed by atoms with Crippen molar-refractivity contribution in [2.24, 2.45) is 0 Å². The molecule has 1 fully saturated rings. The van der Waals surface area contributed by atoms with Gasteiger partial charge in [-0.15, -0.1) is 12.4 Å². The van der Waals surface area contributed by atoms with Crippen molar-refractivity contribution in [3.63, 3.8) is 0 Å². The molecule has 1 N–H and O–H groups in total. The second-order valence-corrected chi connectivity index (χ2v) is 5.49. The summed E-state index contributed by atoms with van der Waals surface area (Å²) >= 11 is 5.92. The van der Waals surface area contributed by atoms with E-state index in [1.165, 1.54) is 0 Å². The minimum Gasteiger partial charge on any atom is -0.323 e. The quantitative estimate of drug-likeness (QED) is 0.912. The number of carbonyl (C=O) groups excluding carboxylic acids is 1. The smallest absolute Gasteiger partial charge is 0.321 e. The van der Waals surface area contributed by atoms with Crippen molar-refractivity contribution in [2.75, 3.05) is 31.5 Å². The molecule has 21 heavy (non-hydrogen) atoms. The van der Waals surface area contributed by atoms with Crippen LogP contribution in [0.5, 0.6) is 0 Å². The van der Waals surface area contributed by atoms with Crippen LogP contribution in [0.2, 0.25) is 5.02 Å². The topological polar surface area (TPSA) is 35.6 Å². The fourth-order valence-corrected chi connectivity index (χ4v) is 2.92. The van der Waals surface area contributed by atoms with Gasteiger partial charge in [0.05, 0.1) is 0 Å². The molecule has 118 valence electrons. The second-order valence-electron chi connectivity index (χ2n) is 5.05. The Hall–Kier alpha value is -0.970. The number of hydrogen-bond donors (Lipinski definition) is 1. The first-order chi connectivity index (χ1) is 9.63. The molecule has 1 aliphatic heterocycles. The lowest BCUT2D eigenvalue weighted by Gasteiger charge is -2.26. The van der Waals surface area contributed by atoms with Gasteiger partial charge in [0.15, 0.2) is 0 Å². The Labute approximate surface area is 137 Å². The number of nitrogens with zero attached hydrogens (tertiary/aromatic N) is 2. The fourth-order valence-electron chi connectivity index (χ4n) is 2.73. The van der Waals surface area contributed by atoms with Crippen molar-refractivity contribution in [3.05, 3.63) is 29.3 Å². The summed E-state index contributed by atoms with van der Waals surface area (Å²) in [5.74, 6) is 0. The van der Waals surface area contributed by atoms with Gasteiger partial charge in [0.25, 0.3) is 0 Å². The molecule has 1 aromatic carbocycles. The summed E-state index contributed by atoms with van der Waals surface area (Å²) in [5.41, 5.74) is 0.744. The minimum absolute atomic E-state index is 0. The van der Waals surface area contributed by atoms with E-state index in [-0.39, 0.29) is 18.4 Å². The van der Waals surface area contributed by atoms with Crippen molar-refractivity contribution in [2.45, 2.75) is 26.3 Å². The average Bonchev–Trinajstić information content (AvgIpc) is 2.90. The van der Waals surface area contributed by atoms with Crippen LogP contribution in [0.15, 0.2) is 24.3 Å². The third-order valence-corrected chi connectivity index (χ3v) is 4.09. The molecule has 0 aliphatic carbocycles. The van der Waals surface area contributed by atoms with Crippen molar-refractivity contribution in [1.29, 1.82) is 0 Å². The Morgan fingerprint density at radius 3 is 2.76 bits per heavy atom. The predicted molar refractivity (Wildman–Crippen MR) is 90.6 cm³/mol. The molecule has 1 saturated heterocycles. The molecule has 0 radical (unpaired) electrons. The van der Waals surface area contributed by atoms with E-state index in [2.05, 4.69) is 24.1 Å². The highest BCUT2D eigenvalue weighted by Crippen LogP contribution is 2.19. The number of likely N-dealkylation sites (N-methyl/N-ethyl adjacent to an activating group) is 1. The van der Waals surface area contributed by atoms with Gasteiger partial charge in [-0.25, -0.2) is 4.79 Å². The number of halogens is 2. The summed E-state index contributed by atoms with van der Waals surface area (Å²) in [4.78, 5) is 16.5. The lowest BCUT2D eigenvalue weighted by Crippen LogP contribution is -2.39. The Bertz CT molecular complexity index is 466. The predicted octanol–water partition coefficient (Wildman–Crippen LogP) is 3.71. The molecule has 6 heteroatoms. The van der Waals surface area contributed by atoms with E-state index in [4.69, 9.17) is 11.6 Å². The number of anilines is 1. The summed E-state index contributed by atoms with van der Waals surface area (Å²) in [5, 5.41) is 3.53. The maximum Gasteiger partial charge on any atom is 0.321 e. The van der Waals surface area contributed by atoms with Crippen LogP contribution in [0.3, 0.4) is 0 Å². The van der Waals surface area contributed by atoms with E-state index in [9.17, 15) is 4.79 Å². The van der Waals surface area contributed by atoms with Crippen LogP contribution in [0, 0.1) is 0 Å². The van der Waals surface area contributed by atoms with Crippen LogP contribution in [0.4, 0.5) is 10.5 Å². The van der Waals surface area contributed by atoms with Gasteiger partial charge >= 0.3 is 6.03 Å². The molecule has 1 heterocycles. The van der Waals surface area contributed by atoms with Gasteiger partial charge < -0.3 is 10.2 Å². The lowest BCUT2D eigenvalue weighted by molar-refractivity contribution is 0.202. The van der Waals surface area contributed by atoms with Gasteiger partial charge in [0, 0.05) is 29.8 Å². The van der Waals surface area contributed by atoms with Crippen molar-refractivity contribution >= 4 is 35.7 Å². The van der Waals surface area contributed by atoms with Crippen LogP contribution in [0.25, 0.3) is 0 Å². The number of likely N-dealkylation sites (tertiary alicyclic amines) is 1. The molecule has 1 aliphatic rings. The third kappa shape index (κ3) is 4.77. The Morgan fingerprint density at radius 1 is 1.43 bits per heavy atom. The average molecular weight is 332 g/mol. The molecule has 0 aromatic heterocycles. The zero-order chi connectivity index (χ0) is 14.5. The number of amides is 2. The number of hydrogen-bond acceptors (Lipinski definition) is 2. The molecule has 2 amide bonds. The zero-order valence-electron chi connectivity index (χ0n) is 12.5. The molecule has 1 aromatic rings. The van der Waals surface area contributed by atoms with Crippen molar-refractivity contribution < 1.29 is 4.79 Å². The van der Waals surface area contributed by atoms with Crippen LogP contribution >= 0.6 is 24.0 Å². The molecule has 0 bridgehead atoms. The summed E-state index contributed by atoms with van der Waals surface area (Å²) in [6, 6.07) is 7.68. The SMILES string of the molecule is CCN(CC)C1CCN(C(=O)Nc2cccc(Cl)c2)C1.Cl. The van der Waals surface area contributed by atoms with Gasteiger partial charge in [-0.3, -0.25) is 4.90 Å². The Balaban J connectivity index is 0.00000220. The van der Waals surface area contributed by atoms with Gasteiger partial charge in [-0.05, 0) is 37.7 Å². The van der Waals surface area contributed by atoms with E-state index in [0.29, 0.717) is 11.1 Å². The monoisotopic (exact) mass is 331 g/mol. The Kier molecular flexibility index (Phi) is 7.29. The highest BCUT2D eigenvalue weighted by atomic mass is 35.5. The van der Waals surface area contributed by atoms with E-state index in [0.717, 1.165) is 38.3 Å². The first-order valence-electron chi connectivity index (χ1n) is 7.19. The van der Waals surface area contributed by atoms with Crippen molar-refractivity contribution in [3.8, 4) is 0 Å². The van der Waals surface area contributed by atoms with Gasteiger partial charge in [-0.1, -0.05) is 31.5 Å². The molecule has 2 rings (SSSR count). The van der Waals surface area contributed by atoms with Gasteiger partial charge in [0.2, 0.25) is 0 Å². The molecular weight excluding hydrogens is 309 g/mol. The summed E-state index contributed by atoms with van der Waals surface area (Å²) in [6.45, 7) is 8.01. The van der Waals surface area contributed by atoms with E-state index in [1.807, 2.05) is 17.0 Å². The van der Waals surface area contributed by atoms with E-state index >= 15 is 0 Å². The standard InChI is InChI=1S/C15H22ClN3O.ClH/c1-3-18(4-2)14-8-9-19(11-14)15(20)17-13-7-5-6-12(16)10-13;/h5-7,10,14H,3-4,8-9,11H2,1-2H3,(H,17,20);1H. The first-order valence-corrected chi connectivity index (χ1v) is 7.57. The fraction of sp³-hybridized carbons (Fsp3) is 0.533. The van der Waals surface area contributed by atoms with Crippen LogP contribution in [0.1, 0.15) is 20.3 Å².